The van der Waals surface area contributed by atoms with Gasteiger partial charge in [-0.3, -0.25) is 13.9 Å². The van der Waals surface area contributed by atoms with Crippen LogP contribution in [0, 0.1) is 0 Å². The van der Waals surface area contributed by atoms with Gasteiger partial charge in [0, 0.05) is 14.1 Å². The topological polar surface area (TPSA) is 44.0 Å². The van der Waals surface area contributed by atoms with Crippen molar-refractivity contribution in [3.63, 3.8) is 0 Å². The molecule has 0 radical (unpaired) electrons. The quantitative estimate of drug-likeness (QED) is 0.659. The van der Waals surface area contributed by atoms with E-state index in [4.69, 9.17) is 0 Å². The minimum atomic E-state index is -0.352. The highest BCUT2D eigenvalue weighted by Gasteiger charge is 2.09. The van der Waals surface area contributed by atoms with Crippen molar-refractivity contribution in [3.05, 3.63) is 29.9 Å². The first-order valence-corrected chi connectivity index (χ1v) is 4.66. The summed E-state index contributed by atoms with van der Waals surface area (Å²) in [5.74, 6) is 0. The van der Waals surface area contributed by atoms with Crippen LogP contribution in [0.4, 0.5) is 0 Å². The van der Waals surface area contributed by atoms with Gasteiger partial charge in [-0.25, -0.2) is 4.79 Å². The van der Waals surface area contributed by atoms with E-state index in [9.17, 15) is 9.59 Å². The van der Waals surface area contributed by atoms with E-state index in [0.717, 1.165) is 4.57 Å². The van der Waals surface area contributed by atoms with E-state index < -0.39 is 0 Å². The van der Waals surface area contributed by atoms with Crippen LogP contribution in [0.25, 0.3) is 0 Å². The fourth-order valence-corrected chi connectivity index (χ4v) is 1.63. The van der Waals surface area contributed by atoms with Crippen molar-refractivity contribution in [1.29, 1.82) is 0 Å². The van der Waals surface area contributed by atoms with Crippen molar-refractivity contribution in [3.8, 4) is 0 Å². The lowest BCUT2D eigenvalue weighted by Crippen LogP contribution is -2.37. The van der Waals surface area contributed by atoms with Gasteiger partial charge in [0.2, 0.25) is 0 Å². The normalized spacial score (nSPS) is 10.3. The lowest BCUT2D eigenvalue weighted by molar-refractivity contribution is 0.666. The molecule has 66 valence electrons. The molecule has 0 aliphatic rings. The van der Waals surface area contributed by atoms with Gasteiger partial charge in [0.05, 0.1) is 0 Å². The van der Waals surface area contributed by atoms with Crippen molar-refractivity contribution in [2.45, 2.75) is 0 Å². The lowest BCUT2D eigenvalue weighted by atomic mass is 10.6. The first-order chi connectivity index (χ1) is 5.46. The zero-order chi connectivity index (χ0) is 9.46. The molecule has 0 aromatic carbocycles. The molecule has 0 aliphatic carbocycles. The van der Waals surface area contributed by atoms with E-state index in [1.165, 1.54) is 11.6 Å². The Morgan fingerprint density at radius 1 is 1.08 bits per heavy atom. The maximum absolute atomic E-state index is 11.2. The van der Waals surface area contributed by atoms with Crippen LogP contribution in [0.2, 0.25) is 0 Å². The summed E-state index contributed by atoms with van der Waals surface area (Å²) in [5.41, 5.74) is -0.694. The molecule has 0 amide bonds. The molecule has 0 saturated heterocycles. The van der Waals surface area contributed by atoms with Gasteiger partial charge in [0.25, 0.3) is 5.56 Å². The Kier molecular flexibility index (Phi) is 2.58. The third-order valence-electron chi connectivity index (χ3n) is 1.54. The Hall–Kier alpha value is -0.360. The predicted molar refractivity (Wildman–Crippen MR) is 52.3 cm³/mol. The first kappa shape index (κ1) is 9.73. The maximum Gasteiger partial charge on any atom is 0.331 e. The van der Waals surface area contributed by atoms with Crippen LogP contribution in [0.5, 0.6) is 0 Å². The molecule has 1 rings (SSSR count). The highest BCUT2D eigenvalue weighted by molar-refractivity contribution is 9.13. The summed E-state index contributed by atoms with van der Waals surface area (Å²) in [6.45, 7) is 0. The van der Waals surface area contributed by atoms with Gasteiger partial charge in [-0.05, 0) is 31.9 Å². The van der Waals surface area contributed by atoms with E-state index in [1.807, 2.05) is 0 Å². The third kappa shape index (κ3) is 1.29. The highest BCUT2D eigenvalue weighted by Crippen LogP contribution is 2.15. The third-order valence-corrected chi connectivity index (χ3v) is 3.72. The molecule has 0 unspecified atom stereocenters. The van der Waals surface area contributed by atoms with Crippen LogP contribution < -0.4 is 11.2 Å². The van der Waals surface area contributed by atoms with E-state index in [-0.39, 0.29) is 11.2 Å². The molecule has 0 aliphatic heterocycles. The summed E-state index contributed by atoms with van der Waals surface area (Å²) in [6, 6.07) is 0. The molecular weight excluding hydrogens is 292 g/mol. The summed E-state index contributed by atoms with van der Waals surface area (Å²) in [4.78, 5) is 22.5. The Morgan fingerprint density at radius 2 is 1.58 bits per heavy atom. The molecule has 0 spiro atoms. The number of nitrogens with zero attached hydrogens (tertiary/aromatic N) is 2. The minimum Gasteiger partial charge on any atom is -0.290 e. The zero-order valence-corrected chi connectivity index (χ0v) is 9.64. The highest BCUT2D eigenvalue weighted by atomic mass is 79.9. The number of halogens is 2. The van der Waals surface area contributed by atoms with Gasteiger partial charge in [-0.15, -0.1) is 0 Å². The van der Waals surface area contributed by atoms with Gasteiger partial charge in [0.1, 0.15) is 9.08 Å². The summed E-state index contributed by atoms with van der Waals surface area (Å²) >= 11 is 6.19. The zero-order valence-electron chi connectivity index (χ0n) is 6.47. The second-order valence-corrected chi connectivity index (χ2v) is 3.85. The predicted octanol–water partition coefficient (Wildman–Crippen LogP) is 0.609. The van der Waals surface area contributed by atoms with Crippen molar-refractivity contribution in [1.82, 2.24) is 9.13 Å². The molecule has 1 aromatic rings. The number of aromatic nitrogens is 2. The van der Waals surface area contributed by atoms with Crippen LogP contribution in [0.1, 0.15) is 0 Å². The molecule has 0 fully saturated rings. The summed E-state index contributed by atoms with van der Waals surface area (Å²) < 4.78 is 3.18. The standard InChI is InChI=1S/C6H6Br2N2O2/c1-9-4(8)3(7)5(11)10(2)6(9)12/h1-2H3. The molecule has 12 heavy (non-hydrogen) atoms. The monoisotopic (exact) mass is 296 g/mol. The van der Waals surface area contributed by atoms with E-state index in [1.54, 1.807) is 7.05 Å². The fourth-order valence-electron chi connectivity index (χ4n) is 0.779. The van der Waals surface area contributed by atoms with Crippen molar-refractivity contribution in [2.24, 2.45) is 14.1 Å². The second-order valence-electron chi connectivity index (χ2n) is 2.31. The average Bonchev–Trinajstić information content (AvgIpc) is 2.08. The lowest BCUT2D eigenvalue weighted by Gasteiger charge is -2.05. The van der Waals surface area contributed by atoms with Crippen LogP contribution in [0.3, 0.4) is 0 Å². The average molecular weight is 298 g/mol. The Morgan fingerprint density at radius 3 is 2.08 bits per heavy atom. The van der Waals surface area contributed by atoms with Gasteiger partial charge in [-0.1, -0.05) is 0 Å². The van der Waals surface area contributed by atoms with Crippen molar-refractivity contribution < 1.29 is 0 Å². The van der Waals surface area contributed by atoms with E-state index in [0.29, 0.717) is 9.08 Å². The van der Waals surface area contributed by atoms with Crippen LogP contribution in [-0.2, 0) is 14.1 Å². The fraction of sp³-hybridized carbons (Fsp3) is 0.333. The van der Waals surface area contributed by atoms with Gasteiger partial charge in [0.15, 0.2) is 0 Å². The number of rotatable bonds is 0. The van der Waals surface area contributed by atoms with Gasteiger partial charge in [-0.2, -0.15) is 0 Å². The largest absolute Gasteiger partial charge is 0.331 e. The van der Waals surface area contributed by atoms with Crippen LogP contribution in [-0.4, -0.2) is 9.13 Å². The molecule has 0 N–H and O–H groups in total. The smallest absolute Gasteiger partial charge is 0.290 e. The number of hydrogen-bond acceptors (Lipinski definition) is 2. The molecular formula is C6H6Br2N2O2. The Balaban J connectivity index is 3.86. The molecule has 0 atom stereocenters. The van der Waals surface area contributed by atoms with Crippen LogP contribution in [0.15, 0.2) is 18.7 Å². The summed E-state index contributed by atoms with van der Waals surface area (Å²) in [7, 11) is 3.01. The molecule has 0 bridgehead atoms. The van der Waals surface area contributed by atoms with Gasteiger partial charge >= 0.3 is 5.69 Å². The molecule has 6 heteroatoms. The minimum absolute atomic E-state index is 0.343. The second kappa shape index (κ2) is 3.18. The van der Waals surface area contributed by atoms with E-state index in [2.05, 4.69) is 31.9 Å². The van der Waals surface area contributed by atoms with Crippen LogP contribution >= 0.6 is 31.9 Å². The maximum atomic E-state index is 11.2. The molecule has 4 nitrogen and oxygen atoms in total. The number of hydrogen-bond donors (Lipinski definition) is 0. The molecule has 1 heterocycles. The molecule has 1 aromatic heterocycles. The van der Waals surface area contributed by atoms with Crippen molar-refractivity contribution >= 4 is 31.9 Å². The van der Waals surface area contributed by atoms with Crippen molar-refractivity contribution in [2.75, 3.05) is 0 Å². The Bertz CT molecular complexity index is 395. The summed E-state index contributed by atoms with van der Waals surface area (Å²) in [6.07, 6.45) is 0. The van der Waals surface area contributed by atoms with Gasteiger partial charge < -0.3 is 0 Å². The first-order valence-electron chi connectivity index (χ1n) is 3.08. The Labute approximate surface area is 85.1 Å². The summed E-state index contributed by atoms with van der Waals surface area (Å²) in [5, 5.41) is 0. The van der Waals surface area contributed by atoms with E-state index >= 15 is 0 Å². The molecule has 0 saturated carbocycles. The SMILES string of the molecule is Cn1c(Br)c(Br)c(=O)n(C)c1=O.